The van der Waals surface area contributed by atoms with Crippen LogP contribution in [0.2, 0.25) is 0 Å². The summed E-state index contributed by atoms with van der Waals surface area (Å²) in [5, 5.41) is 0. The van der Waals surface area contributed by atoms with Crippen LogP contribution < -0.4 is 0 Å². The van der Waals surface area contributed by atoms with E-state index in [2.05, 4.69) is 0 Å². The van der Waals surface area contributed by atoms with Crippen molar-refractivity contribution >= 4 is 16.0 Å². The van der Waals surface area contributed by atoms with Crippen molar-refractivity contribution in [1.82, 2.24) is 8.87 Å². The molecule has 7 heteroatoms. The summed E-state index contributed by atoms with van der Waals surface area (Å²) in [7, 11) is -2.02. The molecule has 0 unspecified atom stereocenters. The van der Waals surface area contributed by atoms with Crippen LogP contribution in [-0.4, -0.2) is 36.4 Å². The number of sulfonamides is 1. The minimum Gasteiger partial charge on any atom is -0.461 e. The maximum Gasteiger partial charge on any atom is 0.355 e. The van der Waals surface area contributed by atoms with Crippen LogP contribution in [0, 0.1) is 13.8 Å². The lowest BCUT2D eigenvalue weighted by Crippen LogP contribution is -2.36. The van der Waals surface area contributed by atoms with Crippen molar-refractivity contribution in [3.05, 3.63) is 52.3 Å². The van der Waals surface area contributed by atoms with Gasteiger partial charge in [-0.2, -0.15) is 4.31 Å². The number of fused-ring (bicyclic) bond motifs is 1. The molecule has 0 spiro atoms. The second kappa shape index (κ2) is 6.89. The molecule has 26 heavy (non-hydrogen) atoms. The van der Waals surface area contributed by atoms with Crippen molar-refractivity contribution in [3.63, 3.8) is 0 Å². The molecule has 0 saturated carbocycles. The fourth-order valence-electron chi connectivity index (χ4n) is 3.62. The van der Waals surface area contributed by atoms with Gasteiger partial charge in [0.05, 0.1) is 6.61 Å². The quantitative estimate of drug-likeness (QED) is 0.769. The molecule has 1 aliphatic heterocycles. The molecule has 0 radical (unpaired) electrons. The first-order chi connectivity index (χ1) is 12.3. The van der Waals surface area contributed by atoms with Gasteiger partial charge in [0.25, 0.3) is 0 Å². The molecule has 0 bridgehead atoms. The second-order valence-electron chi connectivity index (χ2n) is 6.52. The molecule has 2 aromatic rings. The predicted octanol–water partition coefficient (Wildman–Crippen LogP) is 2.57. The fraction of sp³-hybridized carbons (Fsp3) is 0.421. The highest BCUT2D eigenvalue weighted by atomic mass is 32.2. The summed E-state index contributed by atoms with van der Waals surface area (Å²) >= 11 is 0. The Morgan fingerprint density at radius 1 is 1.19 bits per heavy atom. The number of nitrogens with zero attached hydrogens (tertiary/aromatic N) is 2. The zero-order valence-corrected chi connectivity index (χ0v) is 16.4. The number of carbonyl (C=O) groups excluding carboxylic acids is 1. The van der Waals surface area contributed by atoms with Gasteiger partial charge in [-0.3, -0.25) is 0 Å². The van der Waals surface area contributed by atoms with Gasteiger partial charge in [-0.1, -0.05) is 24.3 Å². The zero-order valence-electron chi connectivity index (χ0n) is 15.6. The number of carbonyl (C=O) groups is 1. The van der Waals surface area contributed by atoms with E-state index < -0.39 is 16.0 Å². The Morgan fingerprint density at radius 3 is 2.50 bits per heavy atom. The minimum atomic E-state index is -3.71. The van der Waals surface area contributed by atoms with Crippen molar-refractivity contribution in [2.75, 3.05) is 13.2 Å². The molecule has 140 valence electrons. The summed E-state index contributed by atoms with van der Waals surface area (Å²) in [6, 6.07) is 7.90. The molecular formula is C19H24N2O4S. The lowest BCUT2D eigenvalue weighted by atomic mass is 10.0. The third-order valence-corrected chi connectivity index (χ3v) is 7.13. The van der Waals surface area contributed by atoms with Gasteiger partial charge in [0.2, 0.25) is 10.0 Å². The van der Waals surface area contributed by atoms with Crippen LogP contribution in [-0.2, 0) is 34.8 Å². The van der Waals surface area contributed by atoms with Gasteiger partial charge in [0.15, 0.2) is 0 Å². The lowest BCUT2D eigenvalue weighted by molar-refractivity contribution is 0.0514. The van der Waals surface area contributed by atoms with Crippen LogP contribution in [0.1, 0.15) is 39.8 Å². The van der Waals surface area contributed by atoms with Gasteiger partial charge < -0.3 is 9.30 Å². The van der Waals surface area contributed by atoms with Crippen molar-refractivity contribution in [3.8, 4) is 0 Å². The number of hydrogen-bond donors (Lipinski definition) is 0. The summed E-state index contributed by atoms with van der Waals surface area (Å²) in [5.41, 5.74) is 3.50. The molecule has 6 nitrogen and oxygen atoms in total. The molecule has 1 aliphatic rings. The Bertz CT molecular complexity index is 960. The average molecular weight is 376 g/mol. The summed E-state index contributed by atoms with van der Waals surface area (Å²) in [4.78, 5) is 12.5. The number of ether oxygens (including phenoxy) is 1. The Morgan fingerprint density at radius 2 is 1.85 bits per heavy atom. The molecule has 0 N–H and O–H groups in total. The third-order valence-electron chi connectivity index (χ3n) is 5.03. The smallest absolute Gasteiger partial charge is 0.355 e. The Labute approximate surface area is 154 Å². The standard InChI is InChI=1S/C19H24N2O4S/c1-5-25-19(22)17-13(2)18(14(3)20(17)4)26(23,24)21-11-10-15-8-6-7-9-16(15)12-21/h6-9H,5,10-12H2,1-4H3. The second-order valence-corrected chi connectivity index (χ2v) is 8.40. The van der Waals surface area contributed by atoms with Gasteiger partial charge in [-0.05, 0) is 38.3 Å². The molecule has 2 heterocycles. The van der Waals surface area contributed by atoms with Crippen molar-refractivity contribution < 1.29 is 17.9 Å². The topological polar surface area (TPSA) is 68.6 Å². The molecule has 0 aliphatic carbocycles. The van der Waals surface area contributed by atoms with Crippen molar-refractivity contribution in [2.45, 2.75) is 38.6 Å². The minimum absolute atomic E-state index is 0.211. The third kappa shape index (κ3) is 2.95. The van der Waals surface area contributed by atoms with E-state index in [-0.39, 0.29) is 11.5 Å². The highest BCUT2D eigenvalue weighted by Crippen LogP contribution is 2.31. The number of benzene rings is 1. The van der Waals surface area contributed by atoms with E-state index in [0.29, 0.717) is 36.5 Å². The zero-order chi connectivity index (χ0) is 19.1. The van der Waals surface area contributed by atoms with Crippen LogP contribution in [0.3, 0.4) is 0 Å². The lowest BCUT2D eigenvalue weighted by Gasteiger charge is -2.28. The summed E-state index contributed by atoms with van der Waals surface area (Å²) < 4.78 is 34.9. The monoisotopic (exact) mass is 376 g/mol. The van der Waals surface area contributed by atoms with E-state index in [0.717, 1.165) is 5.56 Å². The Balaban J connectivity index is 2.04. The largest absolute Gasteiger partial charge is 0.461 e. The van der Waals surface area contributed by atoms with E-state index in [1.54, 1.807) is 32.4 Å². The molecule has 1 aromatic carbocycles. The number of hydrogen-bond acceptors (Lipinski definition) is 4. The molecule has 0 saturated heterocycles. The first kappa shape index (κ1) is 18.7. The van der Waals surface area contributed by atoms with Crippen molar-refractivity contribution in [1.29, 1.82) is 0 Å². The van der Waals surface area contributed by atoms with E-state index in [4.69, 9.17) is 4.74 Å². The van der Waals surface area contributed by atoms with E-state index in [1.165, 1.54) is 9.87 Å². The Kier molecular flexibility index (Phi) is 4.94. The maximum absolute atomic E-state index is 13.3. The number of aromatic nitrogens is 1. The van der Waals surface area contributed by atoms with Gasteiger partial charge in [0, 0.05) is 31.4 Å². The van der Waals surface area contributed by atoms with Gasteiger partial charge in [-0.15, -0.1) is 0 Å². The molecule has 0 atom stereocenters. The molecule has 0 amide bonds. The predicted molar refractivity (Wildman–Crippen MR) is 98.6 cm³/mol. The molecule has 1 aromatic heterocycles. The normalized spacial score (nSPS) is 14.9. The highest BCUT2D eigenvalue weighted by Gasteiger charge is 2.35. The fourth-order valence-corrected chi connectivity index (χ4v) is 5.52. The van der Waals surface area contributed by atoms with Crippen LogP contribution in [0.5, 0.6) is 0 Å². The summed E-state index contributed by atoms with van der Waals surface area (Å²) in [5.74, 6) is -0.499. The van der Waals surface area contributed by atoms with E-state index >= 15 is 0 Å². The molecular weight excluding hydrogens is 352 g/mol. The maximum atomic E-state index is 13.3. The number of rotatable bonds is 4. The first-order valence-corrected chi connectivity index (χ1v) is 10.1. The average Bonchev–Trinajstić information content (AvgIpc) is 2.84. The van der Waals surface area contributed by atoms with E-state index in [1.807, 2.05) is 24.3 Å². The van der Waals surface area contributed by atoms with Crippen LogP contribution in [0.15, 0.2) is 29.2 Å². The highest BCUT2D eigenvalue weighted by molar-refractivity contribution is 7.89. The van der Waals surface area contributed by atoms with Gasteiger partial charge in [-0.25, -0.2) is 13.2 Å². The first-order valence-electron chi connectivity index (χ1n) is 8.69. The van der Waals surface area contributed by atoms with Crippen LogP contribution in [0.25, 0.3) is 0 Å². The van der Waals surface area contributed by atoms with Crippen LogP contribution in [0.4, 0.5) is 0 Å². The molecule has 3 rings (SSSR count). The van der Waals surface area contributed by atoms with Crippen molar-refractivity contribution in [2.24, 2.45) is 7.05 Å². The van der Waals surface area contributed by atoms with Crippen LogP contribution >= 0.6 is 0 Å². The Hall–Kier alpha value is -2.12. The van der Waals surface area contributed by atoms with Gasteiger partial charge in [0.1, 0.15) is 10.6 Å². The SMILES string of the molecule is CCOC(=O)c1c(C)c(S(=O)(=O)N2CCc3ccccc3C2)c(C)n1C. The van der Waals surface area contributed by atoms with E-state index in [9.17, 15) is 13.2 Å². The number of esters is 1. The summed E-state index contributed by atoms with van der Waals surface area (Å²) in [6.45, 7) is 6.15. The summed E-state index contributed by atoms with van der Waals surface area (Å²) in [6.07, 6.45) is 0.686. The van der Waals surface area contributed by atoms with Gasteiger partial charge >= 0.3 is 5.97 Å². The molecule has 0 fully saturated rings.